The molecule has 0 fully saturated rings. The molecular formula is C18H25Cl2N5O. The van der Waals surface area contributed by atoms with Gasteiger partial charge in [-0.05, 0) is 31.9 Å². The molecule has 2 aromatic heterocycles. The highest BCUT2D eigenvalue weighted by molar-refractivity contribution is 6.41. The molecule has 2 aromatic rings. The third-order valence-corrected chi connectivity index (χ3v) is 4.82. The van der Waals surface area contributed by atoms with Crippen molar-refractivity contribution in [1.82, 2.24) is 19.8 Å². The van der Waals surface area contributed by atoms with E-state index in [9.17, 15) is 4.79 Å². The SMILES string of the molecule is CCNC(=NCc1cc(Cl)c(Cl)n1C)NCCCCn1ccccc1=O. The van der Waals surface area contributed by atoms with Gasteiger partial charge in [0, 0.05) is 44.6 Å². The number of aliphatic imine (C=N–C) groups is 1. The summed E-state index contributed by atoms with van der Waals surface area (Å²) < 4.78 is 3.55. The van der Waals surface area contributed by atoms with Gasteiger partial charge in [-0.15, -0.1) is 0 Å². The van der Waals surface area contributed by atoms with Crippen LogP contribution in [-0.4, -0.2) is 28.2 Å². The molecule has 0 aliphatic carbocycles. The highest BCUT2D eigenvalue weighted by Crippen LogP contribution is 2.25. The number of aryl methyl sites for hydroxylation is 1. The fourth-order valence-electron chi connectivity index (χ4n) is 2.50. The molecule has 0 saturated carbocycles. The molecule has 0 unspecified atom stereocenters. The summed E-state index contributed by atoms with van der Waals surface area (Å²) in [6.07, 6.45) is 3.67. The monoisotopic (exact) mass is 397 g/mol. The van der Waals surface area contributed by atoms with Gasteiger partial charge in [0.25, 0.3) is 0 Å². The zero-order chi connectivity index (χ0) is 18.9. The van der Waals surface area contributed by atoms with E-state index in [0.29, 0.717) is 16.7 Å². The molecule has 2 heterocycles. The van der Waals surface area contributed by atoms with Crippen LogP contribution in [0.5, 0.6) is 0 Å². The van der Waals surface area contributed by atoms with E-state index >= 15 is 0 Å². The van der Waals surface area contributed by atoms with Crippen LogP contribution in [0, 0.1) is 0 Å². The Morgan fingerprint density at radius 3 is 2.69 bits per heavy atom. The van der Waals surface area contributed by atoms with Gasteiger partial charge < -0.3 is 19.8 Å². The summed E-state index contributed by atoms with van der Waals surface area (Å²) in [5.41, 5.74) is 0.982. The zero-order valence-corrected chi connectivity index (χ0v) is 16.6. The van der Waals surface area contributed by atoms with Crippen LogP contribution in [0.2, 0.25) is 10.2 Å². The van der Waals surface area contributed by atoms with Gasteiger partial charge in [-0.25, -0.2) is 4.99 Å². The van der Waals surface area contributed by atoms with E-state index in [1.54, 1.807) is 16.7 Å². The highest BCUT2D eigenvalue weighted by Gasteiger charge is 2.08. The van der Waals surface area contributed by atoms with Gasteiger partial charge in [0.05, 0.1) is 11.6 Å². The molecule has 0 aromatic carbocycles. The van der Waals surface area contributed by atoms with Crippen molar-refractivity contribution in [2.45, 2.75) is 32.9 Å². The summed E-state index contributed by atoms with van der Waals surface area (Å²) in [4.78, 5) is 16.2. The van der Waals surface area contributed by atoms with Crippen LogP contribution >= 0.6 is 23.2 Å². The quantitative estimate of drug-likeness (QED) is 0.408. The minimum atomic E-state index is 0.0373. The average Bonchev–Trinajstić information content (AvgIpc) is 2.87. The molecular weight excluding hydrogens is 373 g/mol. The molecule has 0 bridgehead atoms. The molecule has 0 aliphatic heterocycles. The van der Waals surface area contributed by atoms with E-state index in [2.05, 4.69) is 15.6 Å². The molecule has 2 N–H and O–H groups in total. The number of hydrogen-bond acceptors (Lipinski definition) is 2. The molecule has 26 heavy (non-hydrogen) atoms. The zero-order valence-electron chi connectivity index (χ0n) is 15.1. The van der Waals surface area contributed by atoms with Gasteiger partial charge in [-0.3, -0.25) is 4.79 Å². The summed E-state index contributed by atoms with van der Waals surface area (Å²) >= 11 is 12.1. The fraction of sp³-hybridized carbons (Fsp3) is 0.444. The van der Waals surface area contributed by atoms with Gasteiger partial charge >= 0.3 is 0 Å². The summed E-state index contributed by atoms with van der Waals surface area (Å²) in [6, 6.07) is 7.04. The second-order valence-corrected chi connectivity index (χ2v) is 6.66. The van der Waals surface area contributed by atoms with E-state index < -0.39 is 0 Å². The van der Waals surface area contributed by atoms with Crippen molar-refractivity contribution in [1.29, 1.82) is 0 Å². The minimum Gasteiger partial charge on any atom is -0.357 e. The molecule has 0 saturated heterocycles. The number of rotatable bonds is 8. The molecule has 142 valence electrons. The molecule has 0 aliphatic rings. The third-order valence-electron chi connectivity index (χ3n) is 3.98. The first-order chi connectivity index (χ1) is 12.5. The van der Waals surface area contributed by atoms with Gasteiger partial charge in [0.1, 0.15) is 5.15 Å². The number of guanidine groups is 1. The Labute approximate surface area is 163 Å². The summed E-state index contributed by atoms with van der Waals surface area (Å²) in [6.45, 7) is 4.78. The first-order valence-corrected chi connectivity index (χ1v) is 9.45. The molecule has 8 heteroatoms. The lowest BCUT2D eigenvalue weighted by atomic mass is 10.3. The van der Waals surface area contributed by atoms with Crippen molar-refractivity contribution >= 4 is 29.2 Å². The average molecular weight is 398 g/mol. The van der Waals surface area contributed by atoms with E-state index in [4.69, 9.17) is 23.2 Å². The van der Waals surface area contributed by atoms with Crippen LogP contribution in [0.15, 0.2) is 40.2 Å². The molecule has 0 radical (unpaired) electrons. The first-order valence-electron chi connectivity index (χ1n) is 8.70. The Morgan fingerprint density at radius 2 is 2.04 bits per heavy atom. The predicted octanol–water partition coefficient (Wildman–Crippen LogP) is 3.03. The maximum Gasteiger partial charge on any atom is 0.250 e. The van der Waals surface area contributed by atoms with Gasteiger partial charge in [0.15, 0.2) is 5.96 Å². The molecule has 0 spiro atoms. The molecule has 0 amide bonds. The summed E-state index contributed by atoms with van der Waals surface area (Å²) in [5, 5.41) is 7.58. The number of aromatic nitrogens is 2. The lowest BCUT2D eigenvalue weighted by Crippen LogP contribution is -2.37. The lowest BCUT2D eigenvalue weighted by Gasteiger charge is -2.12. The Bertz CT molecular complexity index is 797. The topological polar surface area (TPSA) is 63.4 Å². The molecule has 0 atom stereocenters. The van der Waals surface area contributed by atoms with Crippen molar-refractivity contribution in [2.24, 2.45) is 12.0 Å². The summed E-state index contributed by atoms with van der Waals surface area (Å²) in [7, 11) is 1.87. The van der Waals surface area contributed by atoms with Crippen LogP contribution in [0.1, 0.15) is 25.5 Å². The number of nitrogens with one attached hydrogen (secondary N) is 2. The smallest absolute Gasteiger partial charge is 0.250 e. The highest BCUT2D eigenvalue weighted by atomic mass is 35.5. The Hall–Kier alpha value is -1.92. The molecule has 6 nitrogen and oxygen atoms in total. The van der Waals surface area contributed by atoms with Crippen LogP contribution in [0.4, 0.5) is 0 Å². The standard InChI is InChI=1S/C18H25Cl2N5O/c1-3-21-18(23-13-14-12-15(19)17(20)24(14)2)22-9-5-7-11-25-10-6-4-8-16(25)26/h4,6,8,10,12H,3,5,7,9,11,13H2,1-2H3,(H2,21,22,23). The largest absolute Gasteiger partial charge is 0.357 e. The third kappa shape index (κ3) is 5.81. The van der Waals surface area contributed by atoms with Crippen molar-refractivity contribution < 1.29 is 0 Å². The Morgan fingerprint density at radius 1 is 1.23 bits per heavy atom. The number of pyridine rings is 1. The van der Waals surface area contributed by atoms with Crippen molar-refractivity contribution in [3.8, 4) is 0 Å². The van der Waals surface area contributed by atoms with Crippen LogP contribution in [0.3, 0.4) is 0 Å². The number of nitrogens with zero attached hydrogens (tertiary/aromatic N) is 3. The van der Waals surface area contributed by atoms with Gasteiger partial charge in [-0.2, -0.15) is 0 Å². The van der Waals surface area contributed by atoms with E-state index in [1.807, 2.05) is 36.9 Å². The van der Waals surface area contributed by atoms with Crippen molar-refractivity contribution in [3.05, 3.63) is 56.7 Å². The maximum atomic E-state index is 11.6. The first kappa shape index (κ1) is 20.4. The van der Waals surface area contributed by atoms with Crippen LogP contribution in [0.25, 0.3) is 0 Å². The van der Waals surface area contributed by atoms with Gasteiger partial charge in [-0.1, -0.05) is 29.3 Å². The molecule has 2 rings (SSSR count). The second kappa shape index (κ2) is 10.3. The minimum absolute atomic E-state index is 0.0373. The fourth-order valence-corrected chi connectivity index (χ4v) is 2.92. The lowest BCUT2D eigenvalue weighted by molar-refractivity contribution is 0.585. The van der Waals surface area contributed by atoms with E-state index in [0.717, 1.165) is 44.1 Å². The number of unbranched alkanes of at least 4 members (excludes halogenated alkanes) is 1. The normalized spacial score (nSPS) is 11.6. The predicted molar refractivity (Wildman–Crippen MR) is 108 cm³/mol. The van der Waals surface area contributed by atoms with Crippen molar-refractivity contribution in [3.63, 3.8) is 0 Å². The maximum absolute atomic E-state index is 11.6. The van der Waals surface area contributed by atoms with Crippen LogP contribution in [-0.2, 0) is 20.1 Å². The van der Waals surface area contributed by atoms with Crippen LogP contribution < -0.4 is 16.2 Å². The Balaban J connectivity index is 1.81. The van der Waals surface area contributed by atoms with E-state index in [-0.39, 0.29) is 5.56 Å². The number of halogens is 2. The van der Waals surface area contributed by atoms with Crippen molar-refractivity contribution in [2.75, 3.05) is 13.1 Å². The summed E-state index contributed by atoms with van der Waals surface area (Å²) in [5.74, 6) is 0.748. The number of hydrogen-bond donors (Lipinski definition) is 2. The van der Waals surface area contributed by atoms with Gasteiger partial charge in [0.2, 0.25) is 5.56 Å². The van der Waals surface area contributed by atoms with E-state index in [1.165, 1.54) is 0 Å². The second-order valence-electron chi connectivity index (χ2n) is 5.89. The Kier molecular flexibility index (Phi) is 8.06.